The number of likely N-dealkylation sites (tertiary alicyclic amines) is 1. The molecule has 0 aromatic rings. The summed E-state index contributed by atoms with van der Waals surface area (Å²) < 4.78 is 0. The molecule has 0 radical (unpaired) electrons. The van der Waals surface area contributed by atoms with Gasteiger partial charge in [0.1, 0.15) is 5.54 Å². The molecule has 4 nitrogen and oxygen atoms in total. The molecule has 0 aromatic heterocycles. The quantitative estimate of drug-likeness (QED) is 0.481. The van der Waals surface area contributed by atoms with Crippen molar-refractivity contribution in [1.29, 1.82) is 0 Å². The van der Waals surface area contributed by atoms with Crippen molar-refractivity contribution in [3.63, 3.8) is 0 Å². The Balaban J connectivity index is 1.97. The standard InChI is InChI=1S/C15H22N2O2S/c16-14(20)15(8-3-1-2-4-9-15)17-12(18)10-6-5-7-11(10)13(17)19/h10-11H,1-9H2,(H2,16,20). The monoisotopic (exact) mass is 294 g/mol. The van der Waals surface area contributed by atoms with Crippen LogP contribution >= 0.6 is 12.2 Å². The number of amides is 2. The van der Waals surface area contributed by atoms with Gasteiger partial charge in [-0.1, -0.05) is 44.3 Å². The Bertz CT molecular complexity index is 433. The number of thiocarbonyl (C=S) groups is 1. The van der Waals surface area contributed by atoms with Gasteiger partial charge < -0.3 is 5.73 Å². The van der Waals surface area contributed by atoms with E-state index in [4.69, 9.17) is 18.0 Å². The van der Waals surface area contributed by atoms with Crippen LogP contribution in [0.4, 0.5) is 0 Å². The van der Waals surface area contributed by atoms with E-state index >= 15 is 0 Å². The van der Waals surface area contributed by atoms with Crippen molar-refractivity contribution in [2.24, 2.45) is 17.6 Å². The van der Waals surface area contributed by atoms with Crippen LogP contribution in [0.3, 0.4) is 0 Å². The molecule has 2 atom stereocenters. The Kier molecular flexibility index (Phi) is 3.56. The van der Waals surface area contributed by atoms with Crippen LogP contribution in [0.1, 0.15) is 57.8 Å². The van der Waals surface area contributed by atoms with E-state index in [-0.39, 0.29) is 23.7 Å². The number of nitrogens with zero attached hydrogens (tertiary/aromatic N) is 1. The summed E-state index contributed by atoms with van der Waals surface area (Å²) in [4.78, 5) is 27.2. The van der Waals surface area contributed by atoms with Gasteiger partial charge in [-0.25, -0.2) is 0 Å². The Morgan fingerprint density at radius 3 is 1.95 bits per heavy atom. The number of hydrogen-bond acceptors (Lipinski definition) is 3. The minimum atomic E-state index is -0.676. The summed E-state index contributed by atoms with van der Waals surface area (Å²) in [6, 6.07) is 0. The maximum absolute atomic E-state index is 12.7. The second-order valence-corrected chi connectivity index (χ2v) is 6.91. The van der Waals surface area contributed by atoms with E-state index in [0.717, 1.165) is 57.8 Å². The maximum atomic E-state index is 12.7. The third-order valence-electron chi connectivity index (χ3n) is 5.41. The molecular weight excluding hydrogens is 272 g/mol. The Morgan fingerprint density at radius 2 is 1.50 bits per heavy atom. The first-order valence-corrected chi connectivity index (χ1v) is 8.16. The van der Waals surface area contributed by atoms with Crippen molar-refractivity contribution >= 4 is 29.0 Å². The molecule has 20 heavy (non-hydrogen) atoms. The van der Waals surface area contributed by atoms with Gasteiger partial charge in [-0.05, 0) is 25.7 Å². The van der Waals surface area contributed by atoms with Crippen molar-refractivity contribution in [3.05, 3.63) is 0 Å². The highest BCUT2D eigenvalue weighted by Gasteiger charge is 2.57. The van der Waals surface area contributed by atoms with Crippen molar-refractivity contribution in [2.75, 3.05) is 0 Å². The zero-order valence-electron chi connectivity index (χ0n) is 11.8. The number of carbonyl (C=O) groups excluding carboxylic acids is 2. The molecule has 0 spiro atoms. The van der Waals surface area contributed by atoms with Crippen LogP contribution in [0.15, 0.2) is 0 Å². The van der Waals surface area contributed by atoms with Crippen LogP contribution in [0.5, 0.6) is 0 Å². The molecule has 1 aliphatic heterocycles. The van der Waals surface area contributed by atoms with Gasteiger partial charge in [-0.3, -0.25) is 14.5 Å². The first-order chi connectivity index (χ1) is 9.58. The average Bonchev–Trinajstić information content (AvgIpc) is 2.88. The molecule has 110 valence electrons. The Hall–Kier alpha value is -0.970. The summed E-state index contributed by atoms with van der Waals surface area (Å²) in [7, 11) is 0. The molecule has 3 fully saturated rings. The summed E-state index contributed by atoms with van der Waals surface area (Å²) >= 11 is 5.29. The van der Waals surface area contributed by atoms with Gasteiger partial charge in [0.25, 0.3) is 0 Å². The third kappa shape index (κ3) is 1.90. The van der Waals surface area contributed by atoms with Crippen LogP contribution < -0.4 is 5.73 Å². The molecule has 3 aliphatic rings. The summed E-state index contributed by atoms with van der Waals surface area (Å²) in [5.41, 5.74) is 5.34. The smallest absolute Gasteiger partial charge is 0.233 e. The molecule has 2 aliphatic carbocycles. The van der Waals surface area contributed by atoms with E-state index in [1.54, 1.807) is 0 Å². The van der Waals surface area contributed by atoms with Gasteiger partial charge in [0.2, 0.25) is 11.8 Å². The van der Waals surface area contributed by atoms with E-state index in [2.05, 4.69) is 0 Å². The van der Waals surface area contributed by atoms with Gasteiger partial charge in [0.05, 0.1) is 16.8 Å². The lowest BCUT2D eigenvalue weighted by atomic mass is 9.87. The van der Waals surface area contributed by atoms with Crippen LogP contribution in [0.25, 0.3) is 0 Å². The maximum Gasteiger partial charge on any atom is 0.233 e. The number of imide groups is 1. The predicted octanol–water partition coefficient (Wildman–Crippen LogP) is 2.15. The van der Waals surface area contributed by atoms with Gasteiger partial charge >= 0.3 is 0 Å². The summed E-state index contributed by atoms with van der Waals surface area (Å²) in [5, 5.41) is 0. The van der Waals surface area contributed by atoms with Gasteiger partial charge in [0, 0.05) is 0 Å². The number of carbonyl (C=O) groups is 2. The van der Waals surface area contributed by atoms with E-state index in [1.165, 1.54) is 4.90 Å². The lowest BCUT2D eigenvalue weighted by Crippen LogP contribution is -2.59. The molecule has 2 saturated carbocycles. The van der Waals surface area contributed by atoms with Gasteiger partial charge in [-0.2, -0.15) is 0 Å². The highest BCUT2D eigenvalue weighted by molar-refractivity contribution is 7.80. The molecule has 1 saturated heterocycles. The highest BCUT2D eigenvalue weighted by Crippen LogP contribution is 2.45. The minimum absolute atomic E-state index is 0.00722. The Labute approximate surface area is 125 Å². The molecule has 2 unspecified atom stereocenters. The minimum Gasteiger partial charge on any atom is -0.391 e. The van der Waals surface area contributed by atoms with E-state index in [0.29, 0.717) is 4.99 Å². The zero-order chi connectivity index (χ0) is 14.3. The Morgan fingerprint density at radius 1 is 1.00 bits per heavy atom. The van der Waals surface area contributed by atoms with Crippen LogP contribution in [-0.4, -0.2) is 27.2 Å². The van der Waals surface area contributed by atoms with E-state index in [1.807, 2.05) is 0 Å². The van der Waals surface area contributed by atoms with E-state index in [9.17, 15) is 9.59 Å². The van der Waals surface area contributed by atoms with Crippen molar-refractivity contribution in [2.45, 2.75) is 63.3 Å². The lowest BCUT2D eigenvalue weighted by molar-refractivity contribution is -0.145. The summed E-state index contributed by atoms with van der Waals surface area (Å²) in [6.07, 6.45) is 8.42. The average molecular weight is 294 g/mol. The molecular formula is C15H22N2O2S. The topological polar surface area (TPSA) is 63.4 Å². The van der Waals surface area contributed by atoms with Crippen LogP contribution in [-0.2, 0) is 9.59 Å². The largest absolute Gasteiger partial charge is 0.391 e. The fourth-order valence-corrected chi connectivity index (χ4v) is 4.60. The molecule has 1 heterocycles. The first kappa shape index (κ1) is 14.0. The van der Waals surface area contributed by atoms with Crippen molar-refractivity contribution < 1.29 is 9.59 Å². The summed E-state index contributed by atoms with van der Waals surface area (Å²) in [6.45, 7) is 0. The van der Waals surface area contributed by atoms with Crippen molar-refractivity contribution in [1.82, 2.24) is 4.90 Å². The SMILES string of the molecule is NC(=S)C1(N2C(=O)C3CCCC3C2=O)CCCCCC1. The first-order valence-electron chi connectivity index (χ1n) is 7.76. The molecule has 5 heteroatoms. The number of rotatable bonds is 2. The zero-order valence-corrected chi connectivity index (χ0v) is 12.6. The molecule has 0 bridgehead atoms. The highest BCUT2D eigenvalue weighted by atomic mass is 32.1. The predicted molar refractivity (Wildman–Crippen MR) is 79.9 cm³/mol. The second-order valence-electron chi connectivity index (χ2n) is 6.47. The van der Waals surface area contributed by atoms with Crippen molar-refractivity contribution in [3.8, 4) is 0 Å². The fourth-order valence-electron chi connectivity index (χ4n) is 4.31. The van der Waals surface area contributed by atoms with Gasteiger partial charge in [0.15, 0.2) is 0 Å². The number of nitrogens with two attached hydrogens (primary N) is 1. The van der Waals surface area contributed by atoms with Crippen LogP contribution in [0.2, 0.25) is 0 Å². The number of hydrogen-bond donors (Lipinski definition) is 1. The van der Waals surface area contributed by atoms with E-state index < -0.39 is 5.54 Å². The molecule has 2 amide bonds. The molecule has 2 N–H and O–H groups in total. The molecule has 0 aromatic carbocycles. The second kappa shape index (κ2) is 5.10. The molecule has 3 rings (SSSR count). The summed E-state index contributed by atoms with van der Waals surface area (Å²) in [5.74, 6) is -0.214. The van der Waals surface area contributed by atoms with Gasteiger partial charge in [-0.15, -0.1) is 0 Å². The fraction of sp³-hybridized carbons (Fsp3) is 0.800. The third-order valence-corrected chi connectivity index (χ3v) is 5.79. The number of fused-ring (bicyclic) bond motifs is 1. The normalized spacial score (nSPS) is 33.1. The van der Waals surface area contributed by atoms with Crippen LogP contribution in [0, 0.1) is 11.8 Å². The lowest BCUT2D eigenvalue weighted by Gasteiger charge is -2.39.